The third kappa shape index (κ3) is 4.94. The zero-order valence-electron chi connectivity index (χ0n) is 22.1. The topological polar surface area (TPSA) is 103 Å². The third-order valence-electron chi connectivity index (χ3n) is 7.38. The van der Waals surface area contributed by atoms with Crippen LogP contribution in [-0.2, 0) is 15.1 Å². The minimum atomic E-state index is -1.12. The second-order valence-corrected chi connectivity index (χ2v) is 9.83. The van der Waals surface area contributed by atoms with Crippen LogP contribution in [0.1, 0.15) is 36.8 Å². The van der Waals surface area contributed by atoms with Gasteiger partial charge in [0.05, 0.1) is 19.3 Å². The molecule has 2 heterocycles. The van der Waals surface area contributed by atoms with Crippen molar-refractivity contribution in [3.05, 3.63) is 135 Å². The van der Waals surface area contributed by atoms with E-state index in [1.807, 2.05) is 91.9 Å². The number of H-pyrrole nitrogens is 1. The van der Waals surface area contributed by atoms with Crippen molar-refractivity contribution in [3.8, 4) is 5.75 Å². The van der Waals surface area contributed by atoms with Crippen LogP contribution in [0.15, 0.2) is 107 Å². The molecule has 5 atom stereocenters. The molecule has 0 aliphatic carbocycles. The van der Waals surface area contributed by atoms with Gasteiger partial charge in [-0.15, -0.1) is 0 Å². The van der Waals surface area contributed by atoms with Crippen LogP contribution >= 0.6 is 0 Å². The number of aliphatic hydroxyl groups is 1. The number of nitrogens with one attached hydrogen (secondary N) is 1. The number of methoxy groups -OCH3 is 1. The van der Waals surface area contributed by atoms with Gasteiger partial charge in [0.15, 0.2) is 6.23 Å². The highest BCUT2D eigenvalue weighted by atomic mass is 16.6. The smallest absolute Gasteiger partial charge is 0.330 e. The molecule has 2 N–H and O–H groups in total. The van der Waals surface area contributed by atoms with Crippen LogP contribution in [0.2, 0.25) is 0 Å². The molecule has 0 bridgehead atoms. The van der Waals surface area contributed by atoms with Crippen molar-refractivity contribution < 1.29 is 19.3 Å². The lowest BCUT2D eigenvalue weighted by Gasteiger charge is -2.40. The Kier molecular flexibility index (Phi) is 7.52. The molecule has 1 aliphatic heterocycles. The summed E-state index contributed by atoms with van der Waals surface area (Å²) < 4.78 is 20.3. The van der Waals surface area contributed by atoms with Crippen molar-refractivity contribution >= 4 is 0 Å². The largest absolute Gasteiger partial charge is 0.497 e. The van der Waals surface area contributed by atoms with E-state index in [2.05, 4.69) is 4.98 Å². The van der Waals surface area contributed by atoms with E-state index in [0.717, 1.165) is 16.7 Å². The van der Waals surface area contributed by atoms with Gasteiger partial charge in [-0.25, -0.2) is 4.79 Å². The number of rotatable bonds is 8. The average molecular weight is 529 g/mol. The lowest BCUT2D eigenvalue weighted by Crippen LogP contribution is -2.43. The lowest BCUT2D eigenvalue weighted by atomic mass is 9.79. The predicted octanol–water partition coefficient (Wildman–Crippen LogP) is 3.84. The summed E-state index contributed by atoms with van der Waals surface area (Å²) in [5, 5.41) is 10.6. The van der Waals surface area contributed by atoms with Crippen LogP contribution < -0.4 is 16.0 Å². The molecule has 0 saturated carbocycles. The third-order valence-corrected chi connectivity index (χ3v) is 7.38. The van der Waals surface area contributed by atoms with Crippen molar-refractivity contribution in [2.75, 3.05) is 7.11 Å². The number of ether oxygens (including phenoxy) is 3. The van der Waals surface area contributed by atoms with Crippen LogP contribution in [0.4, 0.5) is 0 Å². The number of benzene rings is 3. The molecule has 0 radical (unpaired) electrons. The predicted molar refractivity (Wildman–Crippen MR) is 147 cm³/mol. The van der Waals surface area contributed by atoms with Gasteiger partial charge in [0.25, 0.3) is 5.56 Å². The van der Waals surface area contributed by atoms with Gasteiger partial charge < -0.3 is 19.3 Å². The van der Waals surface area contributed by atoms with Gasteiger partial charge in [0.2, 0.25) is 0 Å². The molecule has 8 nitrogen and oxygen atoms in total. The summed E-state index contributed by atoms with van der Waals surface area (Å²) in [6.07, 6.45) is -1.64. The Morgan fingerprint density at radius 3 is 1.97 bits per heavy atom. The van der Waals surface area contributed by atoms with Crippen molar-refractivity contribution in [1.29, 1.82) is 0 Å². The molecule has 1 fully saturated rings. The minimum Gasteiger partial charge on any atom is -0.497 e. The molecule has 8 heteroatoms. The first-order chi connectivity index (χ1) is 18.8. The zero-order chi connectivity index (χ0) is 27.6. The number of hydrogen-bond acceptors (Lipinski definition) is 6. The number of aromatic nitrogens is 2. The van der Waals surface area contributed by atoms with E-state index in [9.17, 15) is 14.7 Å². The Balaban J connectivity index is 1.74. The highest BCUT2D eigenvalue weighted by Gasteiger charge is 2.51. The Morgan fingerprint density at radius 2 is 1.46 bits per heavy atom. The van der Waals surface area contributed by atoms with Crippen molar-refractivity contribution in [1.82, 2.24) is 9.55 Å². The van der Waals surface area contributed by atoms with Gasteiger partial charge in [0, 0.05) is 18.2 Å². The Labute approximate surface area is 226 Å². The zero-order valence-corrected chi connectivity index (χ0v) is 22.1. The highest BCUT2D eigenvalue weighted by Crippen LogP contribution is 2.47. The highest BCUT2D eigenvalue weighted by molar-refractivity contribution is 5.48. The van der Waals surface area contributed by atoms with Gasteiger partial charge in [-0.3, -0.25) is 14.3 Å². The van der Waals surface area contributed by atoms with Gasteiger partial charge >= 0.3 is 5.69 Å². The summed E-state index contributed by atoms with van der Waals surface area (Å²) in [4.78, 5) is 27.0. The van der Waals surface area contributed by atoms with E-state index in [-0.39, 0.29) is 5.92 Å². The van der Waals surface area contributed by atoms with E-state index in [4.69, 9.17) is 14.2 Å². The van der Waals surface area contributed by atoms with Crippen molar-refractivity contribution in [3.63, 3.8) is 0 Å². The van der Waals surface area contributed by atoms with Crippen LogP contribution in [0.25, 0.3) is 0 Å². The maximum absolute atomic E-state index is 12.9. The normalized spacial score (nSPS) is 21.9. The molecule has 0 amide bonds. The summed E-state index contributed by atoms with van der Waals surface area (Å²) >= 11 is 0. The maximum atomic E-state index is 12.9. The van der Waals surface area contributed by atoms with Crippen LogP contribution in [-0.4, -0.2) is 40.1 Å². The number of hydrogen-bond donors (Lipinski definition) is 2. The maximum Gasteiger partial charge on any atom is 0.330 e. The lowest BCUT2D eigenvalue weighted by molar-refractivity contribution is -0.119. The van der Waals surface area contributed by atoms with Gasteiger partial charge in [0.1, 0.15) is 17.5 Å². The Hall–Kier alpha value is -3.98. The first kappa shape index (κ1) is 26.6. The Bertz CT molecular complexity index is 1460. The van der Waals surface area contributed by atoms with Gasteiger partial charge in [-0.05, 0) is 35.7 Å². The summed E-state index contributed by atoms with van der Waals surface area (Å²) in [6, 6.07) is 28.7. The molecule has 0 unspecified atom stereocenters. The molecule has 3 aromatic carbocycles. The van der Waals surface area contributed by atoms with Gasteiger partial charge in [-0.1, -0.05) is 79.7 Å². The molecule has 1 saturated heterocycles. The first-order valence-electron chi connectivity index (χ1n) is 12.9. The molecule has 39 heavy (non-hydrogen) atoms. The van der Waals surface area contributed by atoms with Gasteiger partial charge in [-0.2, -0.15) is 0 Å². The second kappa shape index (κ2) is 11.0. The number of nitrogens with zero attached hydrogens (tertiary/aromatic N) is 1. The number of aromatic amines is 1. The fraction of sp³-hybridized carbons (Fsp3) is 0.290. The molecular formula is C31H32N2O6. The fourth-order valence-electron chi connectivity index (χ4n) is 5.46. The molecule has 5 rings (SSSR count). The van der Waals surface area contributed by atoms with Crippen LogP contribution in [0.3, 0.4) is 0 Å². The summed E-state index contributed by atoms with van der Waals surface area (Å²) in [5.41, 5.74) is 0.362. The summed E-state index contributed by atoms with van der Waals surface area (Å²) in [6.45, 7) is 3.59. The molecule has 0 spiro atoms. The first-order valence-corrected chi connectivity index (χ1v) is 12.9. The van der Waals surface area contributed by atoms with Crippen molar-refractivity contribution in [2.45, 2.75) is 44.0 Å². The van der Waals surface area contributed by atoms with E-state index in [1.54, 1.807) is 14.0 Å². The summed E-state index contributed by atoms with van der Waals surface area (Å²) in [5.74, 6) is 0.386. The van der Waals surface area contributed by atoms with E-state index >= 15 is 0 Å². The second-order valence-electron chi connectivity index (χ2n) is 9.83. The average Bonchev–Trinajstić information content (AvgIpc) is 3.28. The SMILES string of the molecule is COc1ccc(C(O[C@H]2[C@H](C)[C@@H]([C@H](C)O)O[C@H]2n2ccc(=O)[nH]c2=O)(c2ccccc2)c2ccccc2)cc1. The molecular weight excluding hydrogens is 496 g/mol. The Morgan fingerprint density at radius 1 is 0.897 bits per heavy atom. The molecule has 4 aromatic rings. The van der Waals surface area contributed by atoms with Crippen LogP contribution in [0, 0.1) is 5.92 Å². The number of aliphatic hydroxyl groups excluding tert-OH is 1. The van der Waals surface area contributed by atoms with E-state index in [0.29, 0.717) is 5.75 Å². The summed E-state index contributed by atoms with van der Waals surface area (Å²) in [7, 11) is 1.62. The van der Waals surface area contributed by atoms with Crippen molar-refractivity contribution in [2.24, 2.45) is 5.92 Å². The standard InChI is InChI=1S/C31H32N2O6/c1-20-27(21(2)34)38-29(33-19-18-26(35)32-30(33)36)28(20)39-31(22-10-6-4-7-11-22,23-12-8-5-9-13-23)24-14-16-25(37-3)17-15-24/h4-21,27-29,34H,1-3H3,(H,32,35,36)/t20-,21+,27+,28+,29-/m1/s1. The molecule has 202 valence electrons. The van der Waals surface area contributed by atoms with Crippen LogP contribution in [0.5, 0.6) is 5.75 Å². The minimum absolute atomic E-state index is 0.320. The molecule has 1 aliphatic rings. The fourth-order valence-corrected chi connectivity index (χ4v) is 5.46. The monoisotopic (exact) mass is 528 g/mol. The molecule has 1 aromatic heterocycles. The quantitative estimate of drug-likeness (QED) is 0.337. The van der Waals surface area contributed by atoms with E-state index < -0.39 is 41.4 Å². The van der Waals surface area contributed by atoms with E-state index in [1.165, 1.54) is 16.8 Å².